The fourth-order valence-electron chi connectivity index (χ4n) is 3.56. The van der Waals surface area contributed by atoms with E-state index in [1.165, 1.54) is 12.1 Å². The van der Waals surface area contributed by atoms with Gasteiger partial charge in [0.05, 0.1) is 6.42 Å². The summed E-state index contributed by atoms with van der Waals surface area (Å²) in [7, 11) is 3.95. The van der Waals surface area contributed by atoms with Crippen LogP contribution in [0.1, 0.15) is 29.5 Å². The van der Waals surface area contributed by atoms with Crippen LogP contribution in [0.5, 0.6) is 0 Å². The van der Waals surface area contributed by atoms with Crippen LogP contribution in [0.4, 0.5) is 14.5 Å². The first-order chi connectivity index (χ1) is 13.2. The van der Waals surface area contributed by atoms with Crippen LogP contribution in [0, 0.1) is 0 Å². The number of carbonyl (C=O) groups excluding carboxylic acids is 1. The van der Waals surface area contributed by atoms with Gasteiger partial charge in [-0.3, -0.25) is 4.79 Å². The molecule has 150 valence electrons. The lowest BCUT2D eigenvalue weighted by Gasteiger charge is -2.21. The van der Waals surface area contributed by atoms with Gasteiger partial charge in [0.2, 0.25) is 5.91 Å². The van der Waals surface area contributed by atoms with Crippen molar-refractivity contribution in [3.05, 3.63) is 65.2 Å². The SMILES string of the molecule is CN(C)c1ccc(CC(=O)NC2CNCC2c2ccc(C(C)(F)F)cc2)cc1. The molecule has 4 nitrogen and oxygen atoms in total. The summed E-state index contributed by atoms with van der Waals surface area (Å²) >= 11 is 0. The second-order valence-electron chi connectivity index (χ2n) is 7.69. The van der Waals surface area contributed by atoms with E-state index in [0.29, 0.717) is 19.5 Å². The van der Waals surface area contributed by atoms with Crippen LogP contribution in [-0.2, 0) is 17.1 Å². The molecule has 0 saturated carbocycles. The third-order valence-electron chi connectivity index (χ3n) is 5.22. The Kier molecular flexibility index (Phi) is 5.98. The molecule has 3 rings (SSSR count). The van der Waals surface area contributed by atoms with Gasteiger partial charge in [-0.15, -0.1) is 0 Å². The highest BCUT2D eigenvalue weighted by atomic mass is 19.3. The Morgan fingerprint density at radius 2 is 1.75 bits per heavy atom. The maximum Gasteiger partial charge on any atom is 0.270 e. The van der Waals surface area contributed by atoms with Crippen molar-refractivity contribution in [1.29, 1.82) is 0 Å². The molecule has 2 unspecified atom stereocenters. The Bertz CT molecular complexity index is 798. The molecule has 1 fully saturated rings. The minimum atomic E-state index is -2.85. The van der Waals surface area contributed by atoms with Gasteiger partial charge in [0.25, 0.3) is 5.92 Å². The van der Waals surface area contributed by atoms with E-state index in [1.54, 1.807) is 12.1 Å². The van der Waals surface area contributed by atoms with Crippen molar-refractivity contribution in [2.24, 2.45) is 0 Å². The highest BCUT2D eigenvalue weighted by molar-refractivity contribution is 5.79. The number of anilines is 1. The number of benzene rings is 2. The molecule has 2 aromatic rings. The molecule has 0 aromatic heterocycles. The smallest absolute Gasteiger partial charge is 0.270 e. The van der Waals surface area contributed by atoms with Crippen molar-refractivity contribution in [2.45, 2.75) is 31.2 Å². The van der Waals surface area contributed by atoms with Gasteiger partial charge in [0, 0.05) is 57.3 Å². The molecule has 0 aliphatic carbocycles. The third kappa shape index (κ3) is 4.87. The van der Waals surface area contributed by atoms with Gasteiger partial charge in [-0.1, -0.05) is 36.4 Å². The number of hydrogen-bond donors (Lipinski definition) is 2. The lowest BCUT2D eigenvalue weighted by atomic mass is 9.92. The fourth-order valence-corrected chi connectivity index (χ4v) is 3.56. The Labute approximate surface area is 164 Å². The molecule has 2 N–H and O–H groups in total. The minimum absolute atomic E-state index is 0.00367. The molecular formula is C22H27F2N3O. The van der Waals surface area contributed by atoms with E-state index in [9.17, 15) is 13.6 Å². The van der Waals surface area contributed by atoms with E-state index < -0.39 is 5.92 Å². The van der Waals surface area contributed by atoms with E-state index >= 15 is 0 Å². The highest BCUT2D eigenvalue weighted by Crippen LogP contribution is 2.29. The van der Waals surface area contributed by atoms with Crippen LogP contribution in [-0.4, -0.2) is 39.1 Å². The van der Waals surface area contributed by atoms with E-state index in [0.717, 1.165) is 23.7 Å². The number of rotatable bonds is 6. The molecule has 1 saturated heterocycles. The third-order valence-corrected chi connectivity index (χ3v) is 5.22. The number of carbonyl (C=O) groups is 1. The molecular weight excluding hydrogens is 360 g/mol. The molecule has 1 aliphatic heterocycles. The number of amides is 1. The molecule has 6 heteroatoms. The van der Waals surface area contributed by atoms with Gasteiger partial charge in [-0.2, -0.15) is 0 Å². The van der Waals surface area contributed by atoms with Crippen LogP contribution in [0.25, 0.3) is 0 Å². The van der Waals surface area contributed by atoms with Crippen molar-refractivity contribution in [3.8, 4) is 0 Å². The summed E-state index contributed by atoms with van der Waals surface area (Å²) in [5.41, 5.74) is 3.01. The lowest BCUT2D eigenvalue weighted by Crippen LogP contribution is -2.40. The zero-order valence-electron chi connectivity index (χ0n) is 16.5. The summed E-state index contributed by atoms with van der Waals surface area (Å²) in [6.45, 7) is 2.28. The fraction of sp³-hybridized carbons (Fsp3) is 0.409. The molecule has 1 aliphatic rings. The van der Waals surface area contributed by atoms with Crippen LogP contribution in [0.3, 0.4) is 0 Å². The molecule has 2 atom stereocenters. The average Bonchev–Trinajstić information content (AvgIpc) is 3.09. The van der Waals surface area contributed by atoms with Gasteiger partial charge in [-0.05, 0) is 23.3 Å². The van der Waals surface area contributed by atoms with Crippen LogP contribution in [0.2, 0.25) is 0 Å². The first kappa shape index (κ1) is 20.3. The Balaban J connectivity index is 1.62. The quantitative estimate of drug-likeness (QED) is 0.800. The summed E-state index contributed by atoms with van der Waals surface area (Å²) < 4.78 is 26.8. The largest absolute Gasteiger partial charge is 0.378 e. The Morgan fingerprint density at radius 3 is 2.32 bits per heavy atom. The number of nitrogens with zero attached hydrogens (tertiary/aromatic N) is 1. The first-order valence-electron chi connectivity index (χ1n) is 9.48. The number of nitrogens with one attached hydrogen (secondary N) is 2. The van der Waals surface area contributed by atoms with Crippen molar-refractivity contribution >= 4 is 11.6 Å². The van der Waals surface area contributed by atoms with Crippen molar-refractivity contribution in [2.75, 3.05) is 32.1 Å². The highest BCUT2D eigenvalue weighted by Gasteiger charge is 2.30. The van der Waals surface area contributed by atoms with Crippen molar-refractivity contribution < 1.29 is 13.6 Å². The summed E-state index contributed by atoms with van der Waals surface area (Å²) in [6, 6.07) is 14.3. The number of halogens is 2. The molecule has 0 bridgehead atoms. The summed E-state index contributed by atoms with van der Waals surface area (Å²) in [5, 5.41) is 6.38. The lowest BCUT2D eigenvalue weighted by molar-refractivity contribution is -0.121. The zero-order valence-corrected chi connectivity index (χ0v) is 16.5. The summed E-state index contributed by atoms with van der Waals surface area (Å²) in [4.78, 5) is 14.5. The van der Waals surface area contributed by atoms with Gasteiger partial charge in [0.15, 0.2) is 0 Å². The maximum atomic E-state index is 13.4. The normalized spacial score (nSPS) is 19.5. The minimum Gasteiger partial charge on any atom is -0.378 e. The topological polar surface area (TPSA) is 44.4 Å². The first-order valence-corrected chi connectivity index (χ1v) is 9.48. The van der Waals surface area contributed by atoms with Gasteiger partial charge in [0.1, 0.15) is 0 Å². The monoisotopic (exact) mass is 387 g/mol. The van der Waals surface area contributed by atoms with Crippen LogP contribution < -0.4 is 15.5 Å². The molecule has 1 heterocycles. The van der Waals surface area contributed by atoms with Crippen LogP contribution >= 0.6 is 0 Å². The molecule has 1 amide bonds. The second-order valence-corrected chi connectivity index (χ2v) is 7.69. The Hall–Kier alpha value is -2.47. The molecule has 2 aromatic carbocycles. The van der Waals surface area contributed by atoms with Crippen LogP contribution in [0.15, 0.2) is 48.5 Å². The average molecular weight is 387 g/mol. The molecule has 0 spiro atoms. The van der Waals surface area contributed by atoms with Gasteiger partial charge >= 0.3 is 0 Å². The number of hydrogen-bond acceptors (Lipinski definition) is 3. The summed E-state index contributed by atoms with van der Waals surface area (Å²) in [6.07, 6.45) is 0.317. The maximum absolute atomic E-state index is 13.4. The van der Waals surface area contributed by atoms with E-state index in [2.05, 4.69) is 10.6 Å². The molecule has 0 radical (unpaired) electrons. The van der Waals surface area contributed by atoms with Gasteiger partial charge in [-0.25, -0.2) is 8.78 Å². The van der Waals surface area contributed by atoms with E-state index in [-0.39, 0.29) is 23.4 Å². The Morgan fingerprint density at radius 1 is 1.11 bits per heavy atom. The van der Waals surface area contributed by atoms with Crippen molar-refractivity contribution in [3.63, 3.8) is 0 Å². The second kappa shape index (κ2) is 8.27. The standard InChI is InChI=1S/C22H27F2N3O/c1-22(23,24)17-8-6-16(7-9-17)19-13-25-14-20(19)26-21(28)12-15-4-10-18(11-5-15)27(2)3/h4-11,19-20,25H,12-14H2,1-3H3,(H,26,28). The summed E-state index contributed by atoms with van der Waals surface area (Å²) in [5.74, 6) is -2.81. The number of alkyl halides is 2. The van der Waals surface area contributed by atoms with Crippen molar-refractivity contribution in [1.82, 2.24) is 10.6 Å². The van der Waals surface area contributed by atoms with E-state index in [1.807, 2.05) is 43.3 Å². The predicted molar refractivity (Wildman–Crippen MR) is 108 cm³/mol. The molecule has 28 heavy (non-hydrogen) atoms. The van der Waals surface area contributed by atoms with E-state index in [4.69, 9.17) is 0 Å². The zero-order chi connectivity index (χ0) is 20.3. The predicted octanol–water partition coefficient (Wildman–Crippen LogP) is 3.28. The van der Waals surface area contributed by atoms with Gasteiger partial charge < -0.3 is 15.5 Å².